The topological polar surface area (TPSA) is 38.1 Å². The molecule has 1 atom stereocenters. The zero-order valence-electron chi connectivity index (χ0n) is 10.9. The summed E-state index contributed by atoms with van der Waals surface area (Å²) in [5, 5.41) is 11.1. The van der Waals surface area contributed by atoms with Crippen LogP contribution in [0.25, 0.3) is 11.3 Å². The molecule has 3 nitrogen and oxygen atoms in total. The number of aromatic nitrogens is 2. The zero-order valence-corrected chi connectivity index (χ0v) is 10.9. The van der Waals surface area contributed by atoms with E-state index in [-0.39, 0.29) is 6.04 Å². The van der Waals surface area contributed by atoms with Crippen molar-refractivity contribution in [3.8, 4) is 11.3 Å². The molecule has 98 valence electrons. The van der Waals surface area contributed by atoms with E-state index in [1.165, 1.54) is 17.5 Å². The average Bonchev–Trinajstić information content (AvgIpc) is 2.99. The number of hydrogen-bond acceptors (Lipinski definition) is 2. The molecule has 0 radical (unpaired) electrons. The molecule has 2 aromatic rings. The van der Waals surface area contributed by atoms with Gasteiger partial charge in [0.2, 0.25) is 0 Å². The number of nitrogens with zero attached hydrogens (tertiary/aromatic N) is 2. The molecule has 19 heavy (non-hydrogen) atoms. The van der Waals surface area contributed by atoms with Crippen LogP contribution in [0.2, 0.25) is 0 Å². The normalized spacial score (nSPS) is 23.9. The molecule has 4 rings (SSSR count). The Hall–Kier alpha value is -1.61. The second-order valence-corrected chi connectivity index (χ2v) is 5.84. The summed E-state index contributed by atoms with van der Waals surface area (Å²) in [6.45, 7) is 0. The Balaban J connectivity index is 1.89. The number of fused-ring (bicyclic) bond motifs is 3. The molecule has 0 spiro atoms. The van der Waals surface area contributed by atoms with Gasteiger partial charge in [0, 0.05) is 5.56 Å². The van der Waals surface area contributed by atoms with Crippen LogP contribution in [0.15, 0.2) is 36.8 Å². The minimum Gasteiger partial charge on any atom is -0.387 e. The molecule has 1 aromatic heterocycles. The van der Waals surface area contributed by atoms with Crippen LogP contribution in [-0.4, -0.2) is 20.3 Å². The van der Waals surface area contributed by atoms with Crippen LogP contribution in [0.4, 0.5) is 0 Å². The highest BCUT2D eigenvalue weighted by Crippen LogP contribution is 2.48. The van der Waals surface area contributed by atoms with Crippen molar-refractivity contribution < 1.29 is 5.11 Å². The van der Waals surface area contributed by atoms with E-state index in [2.05, 4.69) is 33.8 Å². The van der Waals surface area contributed by atoms with Gasteiger partial charge in [-0.25, -0.2) is 4.98 Å². The van der Waals surface area contributed by atoms with E-state index >= 15 is 0 Å². The standard InChI is InChI=1S/C16H18N2O/c19-16(8-4-1-5-9-16)15-13-7-3-2-6-12(13)14-10-17-11-18(14)15/h2-3,6-7,10-11,15,19H,1,4-5,8-9H2/t15-/m1/s1. The third kappa shape index (κ3) is 1.51. The third-order valence-electron chi connectivity index (χ3n) is 4.70. The molecule has 2 heterocycles. The lowest BCUT2D eigenvalue weighted by Crippen LogP contribution is -2.40. The Labute approximate surface area is 112 Å². The van der Waals surface area contributed by atoms with Crippen molar-refractivity contribution in [2.24, 2.45) is 0 Å². The number of imidazole rings is 1. The molecule has 0 bridgehead atoms. The van der Waals surface area contributed by atoms with E-state index in [1.54, 1.807) is 0 Å². The van der Waals surface area contributed by atoms with E-state index in [0.717, 1.165) is 31.4 Å². The van der Waals surface area contributed by atoms with Gasteiger partial charge in [0.05, 0.1) is 29.9 Å². The number of aliphatic hydroxyl groups is 1. The van der Waals surface area contributed by atoms with Crippen LogP contribution < -0.4 is 0 Å². The average molecular weight is 254 g/mol. The zero-order chi connectivity index (χ0) is 12.9. The van der Waals surface area contributed by atoms with Crippen molar-refractivity contribution in [3.05, 3.63) is 42.4 Å². The number of hydrogen-bond donors (Lipinski definition) is 1. The van der Waals surface area contributed by atoms with Crippen molar-refractivity contribution in [2.75, 3.05) is 0 Å². The molecular formula is C16H18N2O. The fraction of sp³-hybridized carbons (Fsp3) is 0.438. The fourth-order valence-corrected chi connectivity index (χ4v) is 3.82. The summed E-state index contributed by atoms with van der Waals surface area (Å²) in [5.41, 5.74) is 3.01. The molecule has 1 fully saturated rings. The molecule has 3 heteroatoms. The van der Waals surface area contributed by atoms with E-state index < -0.39 is 5.60 Å². The second-order valence-electron chi connectivity index (χ2n) is 5.84. The molecule has 2 aliphatic rings. The molecule has 1 aromatic carbocycles. The number of benzene rings is 1. The quantitative estimate of drug-likeness (QED) is 0.849. The first-order valence-electron chi connectivity index (χ1n) is 7.13. The van der Waals surface area contributed by atoms with Crippen molar-refractivity contribution in [3.63, 3.8) is 0 Å². The van der Waals surface area contributed by atoms with Gasteiger partial charge in [-0.05, 0) is 18.4 Å². The number of rotatable bonds is 1. The lowest BCUT2D eigenvalue weighted by molar-refractivity contribution is -0.0281. The molecule has 1 aliphatic carbocycles. The van der Waals surface area contributed by atoms with Crippen LogP contribution in [0.3, 0.4) is 0 Å². The molecule has 1 saturated carbocycles. The first-order chi connectivity index (χ1) is 9.30. The Bertz CT molecular complexity index is 611. The Morgan fingerprint density at radius 3 is 2.79 bits per heavy atom. The monoisotopic (exact) mass is 254 g/mol. The molecule has 1 N–H and O–H groups in total. The minimum absolute atomic E-state index is 0.0431. The van der Waals surface area contributed by atoms with Crippen molar-refractivity contribution in [2.45, 2.75) is 43.7 Å². The van der Waals surface area contributed by atoms with Crippen LogP contribution in [0, 0.1) is 0 Å². The predicted octanol–water partition coefficient (Wildman–Crippen LogP) is 3.15. The van der Waals surface area contributed by atoms with E-state index in [9.17, 15) is 5.11 Å². The maximum absolute atomic E-state index is 11.1. The van der Waals surface area contributed by atoms with Gasteiger partial charge in [-0.1, -0.05) is 43.5 Å². The second kappa shape index (κ2) is 3.94. The summed E-state index contributed by atoms with van der Waals surface area (Å²) in [6.07, 6.45) is 9.05. The van der Waals surface area contributed by atoms with Crippen LogP contribution in [-0.2, 0) is 0 Å². The van der Waals surface area contributed by atoms with Gasteiger partial charge in [-0.2, -0.15) is 0 Å². The smallest absolute Gasteiger partial charge is 0.0957 e. The molecule has 0 unspecified atom stereocenters. The highest BCUT2D eigenvalue weighted by molar-refractivity contribution is 5.69. The molecule has 0 saturated heterocycles. The maximum Gasteiger partial charge on any atom is 0.0957 e. The highest BCUT2D eigenvalue weighted by Gasteiger charge is 2.44. The van der Waals surface area contributed by atoms with Crippen LogP contribution in [0.5, 0.6) is 0 Å². The summed E-state index contributed by atoms with van der Waals surface area (Å²) in [6, 6.07) is 8.46. The van der Waals surface area contributed by atoms with Crippen molar-refractivity contribution in [1.29, 1.82) is 0 Å². The van der Waals surface area contributed by atoms with Crippen LogP contribution >= 0.6 is 0 Å². The maximum atomic E-state index is 11.1. The van der Waals surface area contributed by atoms with Crippen LogP contribution in [0.1, 0.15) is 43.7 Å². The van der Waals surface area contributed by atoms with E-state index in [0.29, 0.717) is 0 Å². The van der Waals surface area contributed by atoms with Gasteiger partial charge in [0.15, 0.2) is 0 Å². The summed E-state index contributed by atoms with van der Waals surface area (Å²) in [5.74, 6) is 0. The van der Waals surface area contributed by atoms with Gasteiger partial charge in [-0.3, -0.25) is 0 Å². The van der Waals surface area contributed by atoms with E-state index in [1.807, 2.05) is 12.5 Å². The molecule has 0 amide bonds. The van der Waals surface area contributed by atoms with Gasteiger partial charge >= 0.3 is 0 Å². The Morgan fingerprint density at radius 1 is 1.16 bits per heavy atom. The summed E-state index contributed by atoms with van der Waals surface area (Å²) >= 11 is 0. The summed E-state index contributed by atoms with van der Waals surface area (Å²) < 4.78 is 2.16. The predicted molar refractivity (Wildman–Crippen MR) is 73.8 cm³/mol. The van der Waals surface area contributed by atoms with Gasteiger partial charge < -0.3 is 9.67 Å². The van der Waals surface area contributed by atoms with Crippen molar-refractivity contribution >= 4 is 0 Å². The third-order valence-corrected chi connectivity index (χ3v) is 4.70. The SMILES string of the molecule is OC1([C@H]2c3ccccc3-c3cncn32)CCCCC1. The lowest BCUT2D eigenvalue weighted by Gasteiger charge is -2.38. The van der Waals surface area contributed by atoms with Crippen molar-refractivity contribution in [1.82, 2.24) is 9.55 Å². The van der Waals surface area contributed by atoms with Gasteiger partial charge in [0.25, 0.3) is 0 Å². The van der Waals surface area contributed by atoms with Gasteiger partial charge in [-0.15, -0.1) is 0 Å². The molecular weight excluding hydrogens is 236 g/mol. The highest BCUT2D eigenvalue weighted by atomic mass is 16.3. The summed E-state index contributed by atoms with van der Waals surface area (Å²) in [4.78, 5) is 4.27. The Kier molecular flexibility index (Phi) is 2.33. The molecule has 1 aliphatic heterocycles. The minimum atomic E-state index is -0.611. The fourth-order valence-electron chi connectivity index (χ4n) is 3.82. The first kappa shape index (κ1) is 11.2. The largest absolute Gasteiger partial charge is 0.387 e. The van der Waals surface area contributed by atoms with Gasteiger partial charge in [0.1, 0.15) is 0 Å². The summed E-state index contributed by atoms with van der Waals surface area (Å²) in [7, 11) is 0. The first-order valence-corrected chi connectivity index (χ1v) is 7.13. The van der Waals surface area contributed by atoms with E-state index in [4.69, 9.17) is 0 Å². The lowest BCUT2D eigenvalue weighted by atomic mass is 9.77. The Morgan fingerprint density at radius 2 is 1.95 bits per heavy atom.